The van der Waals surface area contributed by atoms with Crippen LogP contribution in [0.2, 0.25) is 0 Å². The summed E-state index contributed by atoms with van der Waals surface area (Å²) in [5.41, 5.74) is 1.69. The summed E-state index contributed by atoms with van der Waals surface area (Å²) >= 11 is 0. The van der Waals surface area contributed by atoms with E-state index >= 15 is 0 Å². The molecule has 1 aromatic carbocycles. The molecule has 0 aliphatic carbocycles. The van der Waals surface area contributed by atoms with Gasteiger partial charge in [-0.25, -0.2) is 0 Å². The lowest BCUT2D eigenvalue weighted by Gasteiger charge is -2.19. The van der Waals surface area contributed by atoms with Crippen LogP contribution in [0.15, 0.2) is 41.2 Å². The first kappa shape index (κ1) is 13.5. The minimum Gasteiger partial charge on any atom is -0.486 e. The van der Waals surface area contributed by atoms with E-state index in [4.69, 9.17) is 13.9 Å². The maximum Gasteiger partial charge on any atom is 0.238 e. The summed E-state index contributed by atoms with van der Waals surface area (Å²) in [6.07, 6.45) is 3.25. The second-order valence-electron chi connectivity index (χ2n) is 4.64. The lowest BCUT2D eigenvalue weighted by Crippen LogP contribution is -2.27. The van der Waals surface area contributed by atoms with Crippen LogP contribution >= 0.6 is 0 Å². The van der Waals surface area contributed by atoms with Gasteiger partial charge in [0, 0.05) is 23.9 Å². The van der Waals surface area contributed by atoms with Crippen LogP contribution in [0.4, 0.5) is 5.69 Å². The average Bonchev–Trinajstić information content (AvgIpc) is 3.00. The van der Waals surface area contributed by atoms with Gasteiger partial charge < -0.3 is 24.5 Å². The van der Waals surface area contributed by atoms with Gasteiger partial charge in [0.2, 0.25) is 5.91 Å². The molecule has 3 rings (SSSR count). The molecular weight excluding hydrogens is 272 g/mol. The number of carbonyl (C=O) groups excluding carboxylic acids is 1. The number of hydrogen-bond donors (Lipinski definition) is 2. The number of carbonyl (C=O) groups is 1. The maximum absolute atomic E-state index is 11.8. The third-order valence-corrected chi connectivity index (χ3v) is 3.02. The predicted molar refractivity (Wildman–Crippen MR) is 76.5 cm³/mol. The van der Waals surface area contributed by atoms with Gasteiger partial charge in [-0.1, -0.05) is 0 Å². The van der Waals surface area contributed by atoms with Gasteiger partial charge >= 0.3 is 0 Å². The summed E-state index contributed by atoms with van der Waals surface area (Å²) in [6, 6.07) is 7.21. The maximum atomic E-state index is 11.8. The molecule has 6 nitrogen and oxygen atoms in total. The van der Waals surface area contributed by atoms with E-state index in [2.05, 4.69) is 10.6 Å². The summed E-state index contributed by atoms with van der Waals surface area (Å²) in [4.78, 5) is 11.8. The van der Waals surface area contributed by atoms with E-state index in [0.717, 1.165) is 5.56 Å². The Kier molecular flexibility index (Phi) is 4.07. The number of rotatable bonds is 5. The monoisotopic (exact) mass is 288 g/mol. The quantitative estimate of drug-likeness (QED) is 0.877. The van der Waals surface area contributed by atoms with E-state index < -0.39 is 0 Å². The fraction of sp³-hybridized carbons (Fsp3) is 0.267. The van der Waals surface area contributed by atoms with Crippen molar-refractivity contribution in [2.24, 2.45) is 0 Å². The highest BCUT2D eigenvalue weighted by Crippen LogP contribution is 2.32. The standard InChI is InChI=1S/C15H16N2O4/c18-15(9-16-8-11-3-4-19-10-11)17-12-1-2-13-14(7-12)21-6-5-20-13/h1-4,7,10,16H,5-6,8-9H2,(H,17,18). The average molecular weight is 288 g/mol. The Morgan fingerprint density at radius 2 is 2.00 bits per heavy atom. The second kappa shape index (κ2) is 6.32. The number of anilines is 1. The molecule has 1 aromatic heterocycles. The Balaban J connectivity index is 1.50. The van der Waals surface area contributed by atoms with Crippen molar-refractivity contribution in [1.29, 1.82) is 0 Å². The van der Waals surface area contributed by atoms with Crippen LogP contribution in [-0.2, 0) is 11.3 Å². The first-order chi connectivity index (χ1) is 10.3. The number of ether oxygens (including phenoxy) is 2. The first-order valence-corrected chi connectivity index (χ1v) is 6.72. The van der Waals surface area contributed by atoms with E-state index in [1.54, 1.807) is 30.7 Å². The number of amides is 1. The fourth-order valence-electron chi connectivity index (χ4n) is 2.04. The third-order valence-electron chi connectivity index (χ3n) is 3.02. The van der Waals surface area contributed by atoms with Crippen molar-refractivity contribution in [3.63, 3.8) is 0 Å². The van der Waals surface area contributed by atoms with Gasteiger partial charge in [-0.15, -0.1) is 0 Å². The first-order valence-electron chi connectivity index (χ1n) is 6.72. The van der Waals surface area contributed by atoms with E-state index in [1.165, 1.54) is 0 Å². The van der Waals surface area contributed by atoms with Gasteiger partial charge in [0.1, 0.15) is 13.2 Å². The van der Waals surface area contributed by atoms with Crippen molar-refractivity contribution in [2.75, 3.05) is 25.1 Å². The van der Waals surface area contributed by atoms with Gasteiger partial charge in [-0.2, -0.15) is 0 Å². The van der Waals surface area contributed by atoms with Crippen LogP contribution < -0.4 is 20.1 Å². The Labute approximate surface area is 122 Å². The minimum absolute atomic E-state index is 0.116. The topological polar surface area (TPSA) is 72.7 Å². The predicted octanol–water partition coefficient (Wildman–Crippen LogP) is 1.78. The van der Waals surface area contributed by atoms with Gasteiger partial charge in [0.05, 0.1) is 19.1 Å². The lowest BCUT2D eigenvalue weighted by molar-refractivity contribution is -0.115. The summed E-state index contributed by atoms with van der Waals surface area (Å²) in [7, 11) is 0. The summed E-state index contributed by atoms with van der Waals surface area (Å²) in [5.74, 6) is 1.25. The molecular formula is C15H16N2O4. The molecule has 0 bridgehead atoms. The highest BCUT2D eigenvalue weighted by atomic mass is 16.6. The number of benzene rings is 1. The molecule has 0 saturated carbocycles. The van der Waals surface area contributed by atoms with E-state index in [9.17, 15) is 4.79 Å². The van der Waals surface area contributed by atoms with Crippen LogP contribution in [0.5, 0.6) is 11.5 Å². The summed E-state index contributed by atoms with van der Waals surface area (Å²) in [6.45, 7) is 1.89. The zero-order valence-corrected chi connectivity index (χ0v) is 11.4. The smallest absolute Gasteiger partial charge is 0.238 e. The fourth-order valence-corrected chi connectivity index (χ4v) is 2.04. The van der Waals surface area contributed by atoms with Gasteiger partial charge in [-0.05, 0) is 18.2 Å². The number of hydrogen-bond acceptors (Lipinski definition) is 5. The van der Waals surface area contributed by atoms with E-state index in [-0.39, 0.29) is 12.5 Å². The molecule has 2 aromatic rings. The lowest BCUT2D eigenvalue weighted by atomic mass is 10.2. The summed E-state index contributed by atoms with van der Waals surface area (Å²) in [5, 5.41) is 5.85. The highest BCUT2D eigenvalue weighted by Gasteiger charge is 2.12. The van der Waals surface area contributed by atoms with Crippen LogP contribution in [0.1, 0.15) is 5.56 Å². The molecule has 0 saturated heterocycles. The van der Waals surface area contributed by atoms with Gasteiger partial charge in [0.15, 0.2) is 11.5 Å². The molecule has 21 heavy (non-hydrogen) atoms. The van der Waals surface area contributed by atoms with Crippen LogP contribution in [0, 0.1) is 0 Å². The minimum atomic E-state index is -0.116. The SMILES string of the molecule is O=C(CNCc1ccoc1)Nc1ccc2c(c1)OCCO2. The number of furan rings is 1. The number of fused-ring (bicyclic) bond motifs is 1. The normalized spacial score (nSPS) is 13.0. The molecule has 110 valence electrons. The molecule has 0 fully saturated rings. The second-order valence-corrected chi connectivity index (χ2v) is 4.64. The number of nitrogens with one attached hydrogen (secondary N) is 2. The van der Waals surface area contributed by atoms with Crippen LogP contribution in [0.25, 0.3) is 0 Å². The Hall–Kier alpha value is -2.47. The van der Waals surface area contributed by atoms with Crippen molar-refractivity contribution in [1.82, 2.24) is 5.32 Å². The van der Waals surface area contributed by atoms with E-state index in [0.29, 0.717) is 36.9 Å². The largest absolute Gasteiger partial charge is 0.486 e. The molecule has 6 heteroatoms. The van der Waals surface area contributed by atoms with Crippen molar-refractivity contribution < 1.29 is 18.7 Å². The zero-order chi connectivity index (χ0) is 14.5. The molecule has 2 heterocycles. The molecule has 0 spiro atoms. The molecule has 0 unspecified atom stereocenters. The summed E-state index contributed by atoms with van der Waals surface area (Å²) < 4.78 is 15.9. The van der Waals surface area contributed by atoms with Crippen LogP contribution in [-0.4, -0.2) is 25.7 Å². The molecule has 0 atom stereocenters. The van der Waals surface area contributed by atoms with E-state index in [1.807, 2.05) is 6.07 Å². The van der Waals surface area contributed by atoms with Gasteiger partial charge in [0.25, 0.3) is 0 Å². The van der Waals surface area contributed by atoms with Crippen molar-refractivity contribution in [3.05, 3.63) is 42.4 Å². The molecule has 1 amide bonds. The van der Waals surface area contributed by atoms with Crippen molar-refractivity contribution in [2.45, 2.75) is 6.54 Å². The third kappa shape index (κ3) is 3.55. The Morgan fingerprint density at radius 3 is 2.81 bits per heavy atom. The molecule has 0 radical (unpaired) electrons. The van der Waals surface area contributed by atoms with Gasteiger partial charge in [-0.3, -0.25) is 4.79 Å². The Bertz CT molecular complexity index is 610. The molecule has 1 aliphatic rings. The zero-order valence-electron chi connectivity index (χ0n) is 11.4. The molecule has 2 N–H and O–H groups in total. The highest BCUT2D eigenvalue weighted by molar-refractivity contribution is 5.92. The van der Waals surface area contributed by atoms with Crippen LogP contribution in [0.3, 0.4) is 0 Å². The Morgan fingerprint density at radius 1 is 1.14 bits per heavy atom. The molecule has 1 aliphatic heterocycles. The van der Waals surface area contributed by atoms with Crippen molar-refractivity contribution in [3.8, 4) is 11.5 Å². The van der Waals surface area contributed by atoms with Crippen molar-refractivity contribution >= 4 is 11.6 Å².